The number of benzene rings is 1. The molecule has 8 nitrogen and oxygen atoms in total. The van der Waals surface area contributed by atoms with Crippen molar-refractivity contribution in [1.29, 1.82) is 0 Å². The van der Waals surface area contributed by atoms with Crippen LogP contribution in [0.15, 0.2) is 29.2 Å². The van der Waals surface area contributed by atoms with Gasteiger partial charge in [-0.15, -0.1) is 0 Å². The standard InChI is InChI=1S/C22H32N4O4S/c1-14-7-9-18(10-8-14)31(28,29)25-20-19(21(27)23-16(3)22(4,5)6)15(2)24-26(20)17-11-12-30-13-17/h7-10,16-17,25H,11-13H2,1-6H3,(H,23,27)/t16-,17?/m0/s1. The van der Waals surface area contributed by atoms with Crippen molar-refractivity contribution in [3.63, 3.8) is 0 Å². The second-order valence-electron chi connectivity index (χ2n) is 9.25. The minimum Gasteiger partial charge on any atom is -0.379 e. The Morgan fingerprint density at radius 3 is 2.42 bits per heavy atom. The second-order valence-corrected chi connectivity index (χ2v) is 10.9. The molecule has 1 aromatic carbocycles. The summed E-state index contributed by atoms with van der Waals surface area (Å²) in [6.45, 7) is 12.6. The average Bonchev–Trinajstić information content (AvgIpc) is 3.29. The van der Waals surface area contributed by atoms with Crippen molar-refractivity contribution in [2.75, 3.05) is 17.9 Å². The van der Waals surface area contributed by atoms with E-state index < -0.39 is 10.0 Å². The van der Waals surface area contributed by atoms with Gasteiger partial charge in [-0.3, -0.25) is 9.52 Å². The van der Waals surface area contributed by atoms with Crippen molar-refractivity contribution < 1.29 is 17.9 Å². The highest BCUT2D eigenvalue weighted by Gasteiger charge is 2.32. The molecule has 0 saturated carbocycles. The molecule has 2 heterocycles. The normalized spacial score (nSPS) is 18.1. The van der Waals surface area contributed by atoms with E-state index in [1.54, 1.807) is 35.9 Å². The number of rotatable bonds is 6. The summed E-state index contributed by atoms with van der Waals surface area (Å²) < 4.78 is 36.0. The number of carbonyl (C=O) groups is 1. The highest BCUT2D eigenvalue weighted by atomic mass is 32.2. The lowest BCUT2D eigenvalue weighted by atomic mass is 9.88. The molecule has 31 heavy (non-hydrogen) atoms. The summed E-state index contributed by atoms with van der Waals surface area (Å²) in [5.41, 5.74) is 1.51. The number of amides is 1. The highest BCUT2D eigenvalue weighted by molar-refractivity contribution is 7.92. The molecular formula is C22H32N4O4S. The SMILES string of the molecule is Cc1ccc(S(=O)(=O)Nc2c(C(=O)N[C@@H](C)C(C)(C)C)c(C)nn2C2CCOC2)cc1. The van der Waals surface area contributed by atoms with Crippen LogP contribution in [0.2, 0.25) is 0 Å². The molecule has 170 valence electrons. The average molecular weight is 449 g/mol. The number of nitrogens with zero attached hydrogens (tertiary/aromatic N) is 2. The third-order valence-corrected chi connectivity index (χ3v) is 7.13. The van der Waals surface area contributed by atoms with Crippen LogP contribution in [0.1, 0.15) is 61.8 Å². The third-order valence-electron chi connectivity index (χ3n) is 5.77. The van der Waals surface area contributed by atoms with Crippen LogP contribution in [0.5, 0.6) is 0 Å². The molecule has 9 heteroatoms. The van der Waals surface area contributed by atoms with Crippen LogP contribution < -0.4 is 10.0 Å². The Kier molecular flexibility index (Phi) is 6.48. The maximum atomic E-state index is 13.2. The van der Waals surface area contributed by atoms with Gasteiger partial charge in [-0.25, -0.2) is 13.1 Å². The molecule has 2 atom stereocenters. The molecule has 1 amide bonds. The Morgan fingerprint density at radius 1 is 1.23 bits per heavy atom. The number of ether oxygens (including phenoxy) is 1. The zero-order valence-corrected chi connectivity index (χ0v) is 19.8. The van der Waals surface area contributed by atoms with E-state index in [4.69, 9.17) is 4.74 Å². The topological polar surface area (TPSA) is 102 Å². The molecule has 2 N–H and O–H groups in total. The zero-order chi connectivity index (χ0) is 23.0. The Balaban J connectivity index is 2.03. The molecule has 1 aliphatic rings. The van der Waals surface area contributed by atoms with Gasteiger partial charge in [0.15, 0.2) is 5.82 Å². The third kappa shape index (κ3) is 5.10. The highest BCUT2D eigenvalue weighted by Crippen LogP contribution is 2.30. The number of aryl methyl sites for hydroxylation is 2. The number of hydrogen-bond donors (Lipinski definition) is 2. The molecule has 1 fully saturated rings. The van der Waals surface area contributed by atoms with Crippen molar-refractivity contribution in [2.45, 2.75) is 64.9 Å². The Hall–Kier alpha value is -2.39. The molecule has 1 saturated heterocycles. The van der Waals surface area contributed by atoms with Gasteiger partial charge in [-0.2, -0.15) is 5.10 Å². The van der Waals surface area contributed by atoms with Gasteiger partial charge in [0.05, 0.1) is 23.2 Å². The van der Waals surface area contributed by atoms with E-state index >= 15 is 0 Å². The lowest BCUT2D eigenvalue weighted by molar-refractivity contribution is 0.0910. The largest absolute Gasteiger partial charge is 0.379 e. The van der Waals surface area contributed by atoms with E-state index in [2.05, 4.69) is 15.1 Å². The van der Waals surface area contributed by atoms with Crippen molar-refractivity contribution >= 4 is 21.7 Å². The molecule has 1 aliphatic heterocycles. The fourth-order valence-corrected chi connectivity index (χ4v) is 4.35. The first-order chi connectivity index (χ1) is 14.4. The maximum absolute atomic E-state index is 13.2. The summed E-state index contributed by atoms with van der Waals surface area (Å²) >= 11 is 0. The Morgan fingerprint density at radius 2 is 1.87 bits per heavy atom. The van der Waals surface area contributed by atoms with Gasteiger partial charge in [-0.05, 0) is 44.7 Å². The van der Waals surface area contributed by atoms with Gasteiger partial charge in [-0.1, -0.05) is 38.5 Å². The fourth-order valence-electron chi connectivity index (χ4n) is 3.29. The predicted octanol–water partition coefficient (Wildman–Crippen LogP) is 3.43. The number of nitrogens with one attached hydrogen (secondary N) is 2. The van der Waals surface area contributed by atoms with Gasteiger partial charge in [0.2, 0.25) is 0 Å². The minimum atomic E-state index is -3.91. The van der Waals surface area contributed by atoms with Gasteiger partial charge in [0.25, 0.3) is 15.9 Å². The van der Waals surface area contributed by atoms with Crippen molar-refractivity contribution in [3.05, 3.63) is 41.1 Å². The van der Waals surface area contributed by atoms with Crippen LogP contribution in [-0.2, 0) is 14.8 Å². The minimum absolute atomic E-state index is 0.126. The second kappa shape index (κ2) is 8.63. The van der Waals surface area contributed by atoms with Gasteiger partial charge in [0, 0.05) is 12.6 Å². The fraction of sp³-hybridized carbons (Fsp3) is 0.545. The summed E-state index contributed by atoms with van der Waals surface area (Å²) in [4.78, 5) is 13.3. The molecule has 3 rings (SSSR count). The van der Waals surface area contributed by atoms with Crippen LogP contribution >= 0.6 is 0 Å². The molecule has 0 aliphatic carbocycles. The smallest absolute Gasteiger partial charge is 0.263 e. The zero-order valence-electron chi connectivity index (χ0n) is 19.0. The first kappa shape index (κ1) is 23.3. The molecule has 2 aromatic rings. The van der Waals surface area contributed by atoms with Crippen LogP contribution in [0.4, 0.5) is 5.82 Å². The molecule has 1 unspecified atom stereocenters. The summed E-state index contributed by atoms with van der Waals surface area (Å²) in [6.07, 6.45) is 0.694. The lowest BCUT2D eigenvalue weighted by Gasteiger charge is -2.28. The summed E-state index contributed by atoms with van der Waals surface area (Å²) in [5, 5.41) is 7.52. The van der Waals surface area contributed by atoms with E-state index in [1.807, 2.05) is 34.6 Å². The van der Waals surface area contributed by atoms with E-state index in [1.165, 1.54) is 0 Å². The molecule has 0 radical (unpaired) electrons. The quantitative estimate of drug-likeness (QED) is 0.705. The van der Waals surface area contributed by atoms with Crippen LogP contribution in [0.3, 0.4) is 0 Å². The summed E-state index contributed by atoms with van der Waals surface area (Å²) in [6, 6.07) is 6.30. The molecule has 1 aromatic heterocycles. The maximum Gasteiger partial charge on any atom is 0.263 e. The van der Waals surface area contributed by atoms with Crippen molar-refractivity contribution in [3.8, 4) is 0 Å². The molecule has 0 spiro atoms. The number of aromatic nitrogens is 2. The summed E-state index contributed by atoms with van der Waals surface area (Å²) in [5.74, 6) is -0.182. The van der Waals surface area contributed by atoms with Crippen LogP contribution in [-0.4, -0.2) is 43.4 Å². The first-order valence-electron chi connectivity index (χ1n) is 10.5. The predicted molar refractivity (Wildman–Crippen MR) is 120 cm³/mol. The monoisotopic (exact) mass is 448 g/mol. The molecule has 0 bridgehead atoms. The van der Waals surface area contributed by atoms with Gasteiger partial charge < -0.3 is 10.1 Å². The Labute approximate surface area is 184 Å². The van der Waals surface area contributed by atoms with Gasteiger partial charge >= 0.3 is 0 Å². The van der Waals surface area contributed by atoms with Crippen molar-refractivity contribution in [1.82, 2.24) is 15.1 Å². The number of sulfonamides is 1. The first-order valence-corrected chi connectivity index (χ1v) is 12.0. The van der Waals surface area contributed by atoms with Crippen molar-refractivity contribution in [2.24, 2.45) is 5.41 Å². The van der Waals surface area contributed by atoms with E-state index in [-0.39, 0.29) is 39.7 Å². The number of hydrogen-bond acceptors (Lipinski definition) is 5. The van der Waals surface area contributed by atoms with Crippen LogP contribution in [0, 0.1) is 19.3 Å². The van der Waals surface area contributed by atoms with E-state index in [0.717, 1.165) is 5.56 Å². The van der Waals surface area contributed by atoms with Crippen LogP contribution in [0.25, 0.3) is 0 Å². The number of carbonyl (C=O) groups excluding carboxylic acids is 1. The summed E-state index contributed by atoms with van der Waals surface area (Å²) in [7, 11) is -3.91. The molecular weight excluding hydrogens is 416 g/mol. The van der Waals surface area contributed by atoms with E-state index in [0.29, 0.717) is 25.3 Å². The van der Waals surface area contributed by atoms with Gasteiger partial charge in [0.1, 0.15) is 5.56 Å². The number of anilines is 1. The van der Waals surface area contributed by atoms with E-state index in [9.17, 15) is 13.2 Å². The Bertz CT molecular complexity index is 1050. The lowest BCUT2D eigenvalue weighted by Crippen LogP contribution is -2.41.